The molecule has 0 aliphatic carbocycles. The molecule has 148 valence electrons. The van der Waals surface area contributed by atoms with Gasteiger partial charge in [-0.3, -0.25) is 4.99 Å². The van der Waals surface area contributed by atoms with Crippen LogP contribution in [0.2, 0.25) is 0 Å². The standard InChI is InChI=1S/C14H29N5O4S.HI/c1-4-23-14(20)19-10-6-12(7-11-19)18-13(15-2)16-8-5-9-17-24(3,21)22;/h12,17H,4-11H2,1-3H3,(H2,15,16,18);1H. The van der Waals surface area contributed by atoms with Crippen LogP contribution in [0, 0.1) is 0 Å². The van der Waals surface area contributed by atoms with Gasteiger partial charge in [0.15, 0.2) is 5.96 Å². The molecule has 0 bridgehead atoms. The van der Waals surface area contributed by atoms with E-state index in [-0.39, 0.29) is 36.1 Å². The number of carbonyl (C=O) groups excluding carboxylic acids is 1. The van der Waals surface area contributed by atoms with E-state index < -0.39 is 10.0 Å². The van der Waals surface area contributed by atoms with Crippen molar-refractivity contribution in [2.75, 3.05) is 46.1 Å². The van der Waals surface area contributed by atoms with Gasteiger partial charge in [0.1, 0.15) is 0 Å². The molecule has 1 aliphatic heterocycles. The molecule has 3 N–H and O–H groups in total. The number of aliphatic imine (C=N–C) groups is 1. The molecule has 0 aromatic heterocycles. The first-order valence-corrected chi connectivity index (χ1v) is 10.1. The second-order valence-corrected chi connectivity index (χ2v) is 7.46. The smallest absolute Gasteiger partial charge is 0.409 e. The van der Waals surface area contributed by atoms with E-state index in [1.165, 1.54) is 0 Å². The third-order valence-electron chi connectivity index (χ3n) is 3.60. The van der Waals surface area contributed by atoms with Gasteiger partial charge in [-0.1, -0.05) is 0 Å². The second-order valence-electron chi connectivity index (χ2n) is 5.62. The lowest BCUT2D eigenvalue weighted by molar-refractivity contribution is 0.0963. The second kappa shape index (κ2) is 12.5. The highest BCUT2D eigenvalue weighted by atomic mass is 127. The van der Waals surface area contributed by atoms with Crippen molar-refractivity contribution in [1.82, 2.24) is 20.3 Å². The molecule has 1 aliphatic rings. The van der Waals surface area contributed by atoms with Gasteiger partial charge in [0.2, 0.25) is 10.0 Å². The number of likely N-dealkylation sites (tertiary alicyclic amines) is 1. The number of sulfonamides is 1. The summed E-state index contributed by atoms with van der Waals surface area (Å²) in [4.78, 5) is 17.5. The Morgan fingerprint density at radius 3 is 2.44 bits per heavy atom. The quantitative estimate of drug-likeness (QED) is 0.205. The number of nitrogens with one attached hydrogen (secondary N) is 3. The predicted molar refractivity (Wildman–Crippen MR) is 109 cm³/mol. The number of piperidine rings is 1. The van der Waals surface area contributed by atoms with Crippen LogP contribution in [0.1, 0.15) is 26.2 Å². The highest BCUT2D eigenvalue weighted by Gasteiger charge is 2.23. The topological polar surface area (TPSA) is 112 Å². The molecule has 0 radical (unpaired) electrons. The van der Waals surface area contributed by atoms with E-state index in [1.54, 1.807) is 18.9 Å². The summed E-state index contributed by atoms with van der Waals surface area (Å²) in [5, 5.41) is 6.48. The zero-order valence-electron chi connectivity index (χ0n) is 15.1. The minimum absolute atomic E-state index is 0. The molecule has 1 heterocycles. The number of amides is 1. The molecule has 0 atom stereocenters. The van der Waals surface area contributed by atoms with E-state index >= 15 is 0 Å². The van der Waals surface area contributed by atoms with Gasteiger partial charge in [-0.05, 0) is 26.2 Å². The fourth-order valence-corrected chi connectivity index (χ4v) is 2.88. The molecule has 1 amide bonds. The lowest BCUT2D eigenvalue weighted by Gasteiger charge is -2.32. The lowest BCUT2D eigenvalue weighted by Crippen LogP contribution is -2.50. The molecule has 25 heavy (non-hydrogen) atoms. The monoisotopic (exact) mass is 491 g/mol. The maximum Gasteiger partial charge on any atom is 0.409 e. The Kier molecular flexibility index (Phi) is 12.1. The molecule has 1 rings (SSSR count). The molecular weight excluding hydrogens is 461 g/mol. The Hall–Kier alpha value is -0.820. The number of halogens is 1. The summed E-state index contributed by atoms with van der Waals surface area (Å²) in [6, 6.07) is 0.246. The first-order chi connectivity index (χ1) is 11.4. The number of hydrogen-bond acceptors (Lipinski definition) is 5. The highest BCUT2D eigenvalue weighted by molar-refractivity contribution is 14.0. The minimum atomic E-state index is -3.14. The maximum absolute atomic E-state index is 11.7. The number of hydrogen-bond donors (Lipinski definition) is 3. The third-order valence-corrected chi connectivity index (χ3v) is 4.32. The summed E-state index contributed by atoms with van der Waals surface area (Å²) in [7, 11) is -1.44. The van der Waals surface area contributed by atoms with Crippen LogP contribution < -0.4 is 15.4 Å². The van der Waals surface area contributed by atoms with Crippen molar-refractivity contribution in [3.8, 4) is 0 Å². The van der Waals surface area contributed by atoms with Crippen LogP contribution in [0.5, 0.6) is 0 Å². The molecule has 9 nitrogen and oxygen atoms in total. The van der Waals surface area contributed by atoms with Crippen LogP contribution in [-0.4, -0.2) is 77.5 Å². The predicted octanol–water partition coefficient (Wildman–Crippen LogP) is 0.330. The first-order valence-electron chi connectivity index (χ1n) is 8.19. The summed E-state index contributed by atoms with van der Waals surface area (Å²) in [5.74, 6) is 0.684. The van der Waals surface area contributed by atoms with Crippen molar-refractivity contribution in [3.63, 3.8) is 0 Å². The average Bonchev–Trinajstić information content (AvgIpc) is 2.53. The van der Waals surface area contributed by atoms with Gasteiger partial charge in [-0.25, -0.2) is 17.9 Å². The Morgan fingerprint density at radius 1 is 1.28 bits per heavy atom. The van der Waals surface area contributed by atoms with Gasteiger partial charge in [0, 0.05) is 39.3 Å². The summed E-state index contributed by atoms with van der Waals surface area (Å²) in [6.07, 6.45) is 3.21. The van der Waals surface area contributed by atoms with Crippen molar-refractivity contribution in [2.45, 2.75) is 32.2 Å². The highest BCUT2D eigenvalue weighted by Crippen LogP contribution is 2.11. The van der Waals surface area contributed by atoms with Crippen LogP contribution in [0.4, 0.5) is 4.79 Å². The Bertz CT molecular complexity index is 521. The summed E-state index contributed by atoms with van der Waals surface area (Å²) < 4.78 is 29.4. The van der Waals surface area contributed by atoms with Crippen LogP contribution in [-0.2, 0) is 14.8 Å². The molecule has 1 saturated heterocycles. The number of ether oxygens (including phenoxy) is 1. The Labute approximate surface area is 167 Å². The minimum Gasteiger partial charge on any atom is -0.450 e. The molecule has 0 saturated carbocycles. The van der Waals surface area contributed by atoms with Gasteiger partial charge < -0.3 is 20.3 Å². The molecule has 0 unspecified atom stereocenters. The van der Waals surface area contributed by atoms with Crippen LogP contribution in [0.25, 0.3) is 0 Å². The van der Waals surface area contributed by atoms with E-state index in [0.717, 1.165) is 19.1 Å². The lowest BCUT2D eigenvalue weighted by atomic mass is 10.1. The van der Waals surface area contributed by atoms with Crippen molar-refractivity contribution < 1.29 is 17.9 Å². The van der Waals surface area contributed by atoms with Crippen LogP contribution in [0.15, 0.2) is 4.99 Å². The molecule has 0 aromatic carbocycles. The van der Waals surface area contributed by atoms with Gasteiger partial charge in [0.25, 0.3) is 0 Å². The Morgan fingerprint density at radius 2 is 1.92 bits per heavy atom. The normalized spacial score (nSPS) is 16.1. The van der Waals surface area contributed by atoms with E-state index in [9.17, 15) is 13.2 Å². The largest absolute Gasteiger partial charge is 0.450 e. The van der Waals surface area contributed by atoms with E-state index in [1.807, 2.05) is 0 Å². The van der Waals surface area contributed by atoms with Crippen LogP contribution >= 0.6 is 24.0 Å². The fraction of sp³-hybridized carbons (Fsp3) is 0.857. The molecule has 11 heteroatoms. The van der Waals surface area contributed by atoms with Gasteiger partial charge in [-0.15, -0.1) is 24.0 Å². The zero-order valence-corrected chi connectivity index (χ0v) is 18.2. The number of rotatable bonds is 7. The number of carbonyl (C=O) groups is 1. The van der Waals surface area contributed by atoms with Crippen molar-refractivity contribution in [3.05, 3.63) is 0 Å². The number of guanidine groups is 1. The number of nitrogens with zero attached hydrogens (tertiary/aromatic N) is 2. The van der Waals surface area contributed by atoms with Gasteiger partial charge >= 0.3 is 6.09 Å². The van der Waals surface area contributed by atoms with Gasteiger partial charge in [-0.2, -0.15) is 0 Å². The van der Waals surface area contributed by atoms with Gasteiger partial charge in [0.05, 0.1) is 12.9 Å². The summed E-state index contributed by atoms with van der Waals surface area (Å²) in [6.45, 7) is 4.51. The van der Waals surface area contributed by atoms with Crippen LogP contribution in [0.3, 0.4) is 0 Å². The van der Waals surface area contributed by atoms with Crippen molar-refractivity contribution in [2.24, 2.45) is 4.99 Å². The summed E-state index contributed by atoms with van der Waals surface area (Å²) >= 11 is 0. The first kappa shape index (κ1) is 24.2. The molecule has 0 aromatic rings. The van der Waals surface area contributed by atoms with E-state index in [4.69, 9.17) is 4.74 Å². The molecule has 0 spiro atoms. The molecular formula is C14H30IN5O4S. The maximum atomic E-state index is 11.7. The SMILES string of the molecule is CCOC(=O)N1CCC(NC(=NC)NCCCNS(C)(=O)=O)CC1.I. The fourth-order valence-electron chi connectivity index (χ4n) is 2.36. The molecule has 1 fully saturated rings. The summed E-state index contributed by atoms with van der Waals surface area (Å²) in [5.41, 5.74) is 0. The average molecular weight is 491 g/mol. The Balaban J connectivity index is 0.00000576. The van der Waals surface area contributed by atoms with Crippen molar-refractivity contribution in [1.29, 1.82) is 0 Å². The van der Waals surface area contributed by atoms with E-state index in [2.05, 4.69) is 20.3 Å². The zero-order chi connectivity index (χ0) is 18.0. The van der Waals surface area contributed by atoms with E-state index in [0.29, 0.717) is 45.2 Å². The van der Waals surface area contributed by atoms with Crippen molar-refractivity contribution >= 4 is 46.1 Å². The third kappa shape index (κ3) is 10.7.